The molecular weight excluding hydrogens is 259 g/mol. The minimum Gasteiger partial charge on any atom is -0.467 e. The lowest BCUT2D eigenvalue weighted by atomic mass is 10.3. The molecule has 5 heteroatoms. The third-order valence-corrected chi connectivity index (χ3v) is 5.53. The first-order valence-electron chi connectivity index (χ1n) is 5.12. The molecule has 1 aromatic rings. The lowest BCUT2D eigenvalue weighted by molar-refractivity contribution is 0.0519. The molecule has 0 aromatic heterocycles. The number of hydrogen-bond acceptors (Lipinski definition) is 2. The Morgan fingerprint density at radius 3 is 2.50 bits per heavy atom. The van der Waals surface area contributed by atoms with Crippen LogP contribution in [0.5, 0.6) is 5.75 Å². The fourth-order valence-corrected chi connectivity index (χ4v) is 3.53. The summed E-state index contributed by atoms with van der Waals surface area (Å²) in [7, 11) is 0.564. The number of methoxy groups -OCH3 is 1. The van der Waals surface area contributed by atoms with Gasteiger partial charge in [0.05, 0.1) is 8.07 Å². The van der Waals surface area contributed by atoms with Crippen LogP contribution in [-0.2, 0) is 4.74 Å². The Hall–Kier alpha value is -0.0831. The summed E-state index contributed by atoms with van der Waals surface area (Å²) in [4.78, 5) is 0. The van der Waals surface area contributed by atoms with Crippen molar-refractivity contribution < 1.29 is 9.47 Å². The first-order chi connectivity index (χ1) is 7.49. The van der Waals surface area contributed by atoms with Crippen molar-refractivity contribution in [1.29, 1.82) is 0 Å². The molecule has 1 unspecified atom stereocenters. The third-order valence-electron chi connectivity index (χ3n) is 2.28. The van der Waals surface area contributed by atoms with E-state index < -0.39 is 8.07 Å². The number of ether oxygens (including phenoxy) is 2. The summed E-state index contributed by atoms with van der Waals surface area (Å²) < 4.78 is 10.3. The summed E-state index contributed by atoms with van der Waals surface area (Å²) in [5.74, 6) is 0.831. The molecule has 1 atom stereocenters. The quantitative estimate of drug-likeness (QED) is 0.468. The molecule has 16 heavy (non-hydrogen) atoms. The van der Waals surface area contributed by atoms with E-state index in [-0.39, 0.29) is 14.7 Å². The molecule has 0 aliphatic rings. The lowest BCUT2D eigenvalue weighted by Gasteiger charge is -2.18. The van der Waals surface area contributed by atoms with E-state index >= 15 is 0 Å². The van der Waals surface area contributed by atoms with Gasteiger partial charge >= 0.3 is 0 Å². The minimum absolute atomic E-state index is 0.229. The Bertz CT molecular complexity index is 352. The van der Waals surface area contributed by atoms with E-state index in [0.29, 0.717) is 0 Å². The Morgan fingerprint density at radius 2 is 2.00 bits per heavy atom. The number of halogens is 1. The summed E-state index contributed by atoms with van der Waals surface area (Å²) in [6.07, 6.45) is 0. The average molecular weight is 277 g/mol. The maximum Gasteiger partial charge on any atom is 0.188 e. The van der Waals surface area contributed by atoms with Gasteiger partial charge in [-0.15, -0.1) is 0 Å². The van der Waals surface area contributed by atoms with E-state index in [9.17, 15) is 0 Å². The molecule has 0 saturated heterocycles. The van der Waals surface area contributed by atoms with E-state index in [1.54, 1.807) is 7.11 Å². The van der Waals surface area contributed by atoms with Gasteiger partial charge in [-0.1, -0.05) is 48.2 Å². The molecule has 1 rings (SSSR count). The number of rotatable bonds is 5. The zero-order valence-electron chi connectivity index (χ0n) is 10.1. The van der Waals surface area contributed by atoms with E-state index in [1.165, 1.54) is 5.19 Å². The van der Waals surface area contributed by atoms with Gasteiger partial charge in [-0.05, 0) is 6.07 Å². The van der Waals surface area contributed by atoms with Crippen LogP contribution in [0.2, 0.25) is 19.6 Å². The van der Waals surface area contributed by atoms with Gasteiger partial charge in [0.1, 0.15) is 5.75 Å². The molecule has 0 heterocycles. The van der Waals surface area contributed by atoms with Gasteiger partial charge in [0, 0.05) is 20.3 Å². The van der Waals surface area contributed by atoms with Gasteiger partial charge in [-0.3, -0.25) is 0 Å². The second kappa shape index (κ2) is 6.01. The summed E-state index contributed by atoms with van der Waals surface area (Å²) in [5.41, 5.74) is 0. The van der Waals surface area contributed by atoms with Crippen molar-refractivity contribution in [3.8, 4) is 5.75 Å². The highest BCUT2D eigenvalue weighted by Crippen LogP contribution is 2.23. The zero-order valence-corrected chi connectivity index (χ0v) is 12.9. The van der Waals surface area contributed by atoms with Gasteiger partial charge < -0.3 is 9.47 Å². The molecule has 0 amide bonds. The highest BCUT2D eigenvalue weighted by molar-refractivity contribution is 7.75. The largest absolute Gasteiger partial charge is 0.467 e. The van der Waals surface area contributed by atoms with E-state index in [1.807, 2.05) is 6.07 Å². The topological polar surface area (TPSA) is 18.5 Å². The molecular formula is C11H18ClO2PSi. The molecule has 0 N–H and O–H groups in total. The SMILES string of the molecule is COCOc1ccc([Si](C)(C)C)cc1PCl. The average Bonchev–Trinajstić information content (AvgIpc) is 2.24. The molecule has 2 nitrogen and oxygen atoms in total. The Kier molecular flexibility index (Phi) is 5.26. The fraction of sp³-hybridized carbons (Fsp3) is 0.455. The Morgan fingerprint density at radius 1 is 1.31 bits per heavy atom. The van der Waals surface area contributed by atoms with Crippen molar-refractivity contribution in [3.63, 3.8) is 0 Å². The standard InChI is InChI=1S/C11H18ClO2PSi/c1-13-8-14-10-6-5-9(16(2,3)4)7-11(10)15-12/h5-7,15H,8H2,1-4H3. The third kappa shape index (κ3) is 3.74. The molecule has 0 bridgehead atoms. The fourth-order valence-electron chi connectivity index (χ4n) is 1.32. The van der Waals surface area contributed by atoms with Crippen LogP contribution in [0.25, 0.3) is 0 Å². The molecule has 90 valence electrons. The van der Waals surface area contributed by atoms with E-state index in [4.69, 9.17) is 20.7 Å². The Balaban J connectivity index is 2.97. The maximum atomic E-state index is 5.96. The number of benzene rings is 1. The van der Waals surface area contributed by atoms with Gasteiger partial charge in [-0.2, -0.15) is 0 Å². The molecule has 0 radical (unpaired) electrons. The molecule has 0 aliphatic carbocycles. The normalized spacial score (nSPS) is 12.3. The van der Waals surface area contributed by atoms with Crippen LogP contribution in [-0.4, -0.2) is 22.0 Å². The zero-order chi connectivity index (χ0) is 12.2. The summed E-state index contributed by atoms with van der Waals surface area (Å²) in [6, 6.07) is 6.30. The van der Waals surface area contributed by atoms with Gasteiger partial charge in [0.2, 0.25) is 0 Å². The first-order valence-corrected chi connectivity index (χ1v) is 10.6. The lowest BCUT2D eigenvalue weighted by Crippen LogP contribution is -2.38. The highest BCUT2D eigenvalue weighted by Gasteiger charge is 2.17. The van der Waals surface area contributed by atoms with Crippen LogP contribution in [0.4, 0.5) is 0 Å². The molecule has 1 aromatic carbocycles. The van der Waals surface area contributed by atoms with Crippen molar-refractivity contribution in [1.82, 2.24) is 0 Å². The predicted molar refractivity (Wildman–Crippen MR) is 75.7 cm³/mol. The highest BCUT2D eigenvalue weighted by atomic mass is 35.7. The van der Waals surface area contributed by atoms with Gasteiger partial charge in [0.15, 0.2) is 6.79 Å². The van der Waals surface area contributed by atoms with Crippen molar-refractivity contribution in [2.24, 2.45) is 0 Å². The smallest absolute Gasteiger partial charge is 0.188 e. The van der Waals surface area contributed by atoms with Crippen LogP contribution < -0.4 is 15.2 Å². The summed E-state index contributed by atoms with van der Waals surface area (Å²) >= 11 is 5.96. The van der Waals surface area contributed by atoms with Crippen molar-refractivity contribution >= 4 is 37.7 Å². The monoisotopic (exact) mass is 276 g/mol. The molecule has 0 saturated carbocycles. The van der Waals surface area contributed by atoms with Crippen LogP contribution in [0.1, 0.15) is 0 Å². The first kappa shape index (κ1) is 14.0. The van der Waals surface area contributed by atoms with Crippen molar-refractivity contribution in [2.45, 2.75) is 19.6 Å². The second-order valence-corrected chi connectivity index (χ2v) is 11.0. The predicted octanol–water partition coefficient (Wildman–Crippen LogP) is 2.67. The van der Waals surface area contributed by atoms with E-state index in [0.717, 1.165) is 11.1 Å². The maximum absolute atomic E-state index is 5.96. The van der Waals surface area contributed by atoms with Gasteiger partial charge in [0.25, 0.3) is 0 Å². The summed E-state index contributed by atoms with van der Waals surface area (Å²) in [6.45, 7) is 7.22. The molecule has 0 aliphatic heterocycles. The van der Waals surface area contributed by atoms with Crippen molar-refractivity contribution in [3.05, 3.63) is 18.2 Å². The minimum atomic E-state index is -1.28. The van der Waals surface area contributed by atoms with E-state index in [2.05, 4.69) is 31.8 Å². The summed E-state index contributed by atoms with van der Waals surface area (Å²) in [5, 5.41) is 2.47. The van der Waals surface area contributed by atoms with Gasteiger partial charge in [-0.25, -0.2) is 0 Å². The van der Waals surface area contributed by atoms with Crippen LogP contribution in [0.3, 0.4) is 0 Å². The molecule has 0 spiro atoms. The van der Waals surface area contributed by atoms with Crippen molar-refractivity contribution in [2.75, 3.05) is 13.9 Å². The number of hydrogen-bond donors (Lipinski definition) is 0. The molecule has 0 fully saturated rings. The van der Waals surface area contributed by atoms with Crippen LogP contribution in [0, 0.1) is 0 Å². The second-order valence-electron chi connectivity index (χ2n) is 4.61. The van der Waals surface area contributed by atoms with Crippen LogP contribution >= 0.6 is 19.2 Å². The Labute approximate surface area is 105 Å². The van der Waals surface area contributed by atoms with Crippen LogP contribution in [0.15, 0.2) is 18.2 Å².